The molecule has 0 saturated heterocycles. The number of nitrogens with zero attached hydrogens (tertiary/aromatic N) is 1. The van der Waals surface area contributed by atoms with Gasteiger partial charge in [0.1, 0.15) is 11.8 Å². The van der Waals surface area contributed by atoms with Crippen molar-refractivity contribution >= 4 is 11.8 Å². The summed E-state index contributed by atoms with van der Waals surface area (Å²) in [6.07, 6.45) is 5.26. The van der Waals surface area contributed by atoms with Crippen molar-refractivity contribution < 1.29 is 23.8 Å². The van der Waals surface area contributed by atoms with Crippen molar-refractivity contribution in [3.8, 4) is 17.2 Å². The van der Waals surface area contributed by atoms with Gasteiger partial charge in [0.2, 0.25) is 12.7 Å². The van der Waals surface area contributed by atoms with Crippen LogP contribution in [0.2, 0.25) is 0 Å². The summed E-state index contributed by atoms with van der Waals surface area (Å²) in [5, 5.41) is 3.10. The number of likely N-dealkylation sites (N-methyl/N-ethyl adjacent to an activating group) is 1. The lowest BCUT2D eigenvalue weighted by atomic mass is 10.0. The largest absolute Gasteiger partial charge is 0.490 e. The number of amides is 2. The van der Waals surface area contributed by atoms with E-state index >= 15 is 0 Å². The van der Waals surface area contributed by atoms with Crippen molar-refractivity contribution in [2.75, 3.05) is 13.8 Å². The Morgan fingerprint density at radius 3 is 2.53 bits per heavy atom. The fourth-order valence-corrected chi connectivity index (χ4v) is 3.77. The van der Waals surface area contributed by atoms with Gasteiger partial charge in [-0.1, -0.05) is 30.4 Å². The maximum Gasteiger partial charge on any atom is 0.258 e. The summed E-state index contributed by atoms with van der Waals surface area (Å²) < 4.78 is 17.0. The van der Waals surface area contributed by atoms with Crippen molar-refractivity contribution in [1.82, 2.24) is 10.2 Å². The molecule has 32 heavy (non-hydrogen) atoms. The Morgan fingerprint density at radius 1 is 0.938 bits per heavy atom. The monoisotopic (exact) mass is 436 g/mol. The highest BCUT2D eigenvalue weighted by atomic mass is 16.7. The Balaban J connectivity index is 1.64. The molecule has 168 valence electrons. The molecule has 7 heteroatoms. The third-order valence-corrected chi connectivity index (χ3v) is 5.85. The Bertz CT molecular complexity index is 1030. The zero-order valence-corrected chi connectivity index (χ0v) is 18.5. The van der Waals surface area contributed by atoms with Crippen LogP contribution in [0.4, 0.5) is 0 Å². The van der Waals surface area contributed by atoms with Crippen molar-refractivity contribution in [3.63, 3.8) is 0 Å². The van der Waals surface area contributed by atoms with Gasteiger partial charge in [0.25, 0.3) is 5.91 Å². The van der Waals surface area contributed by atoms with E-state index in [0.29, 0.717) is 35.7 Å². The van der Waals surface area contributed by atoms with Gasteiger partial charge in [-0.15, -0.1) is 0 Å². The molecule has 2 amide bonds. The van der Waals surface area contributed by atoms with E-state index in [0.717, 1.165) is 5.56 Å². The molecule has 0 aromatic heterocycles. The number of rotatable bonds is 1. The van der Waals surface area contributed by atoms with Gasteiger partial charge in [-0.25, -0.2) is 0 Å². The summed E-state index contributed by atoms with van der Waals surface area (Å²) in [4.78, 5) is 27.7. The molecule has 2 aliphatic heterocycles. The van der Waals surface area contributed by atoms with E-state index in [1.54, 1.807) is 32.2 Å². The van der Waals surface area contributed by atoms with Gasteiger partial charge in [-0.2, -0.15) is 0 Å². The smallest absolute Gasteiger partial charge is 0.258 e. The summed E-state index contributed by atoms with van der Waals surface area (Å²) in [6, 6.07) is 11.9. The zero-order valence-electron chi connectivity index (χ0n) is 18.5. The molecule has 3 atom stereocenters. The molecule has 0 aliphatic carbocycles. The van der Waals surface area contributed by atoms with Crippen molar-refractivity contribution in [3.05, 3.63) is 65.7 Å². The average molecular weight is 437 g/mol. The second-order valence-corrected chi connectivity index (χ2v) is 8.13. The minimum absolute atomic E-state index is 0.107. The third-order valence-electron chi connectivity index (χ3n) is 5.85. The van der Waals surface area contributed by atoms with Crippen LogP contribution in [0.25, 0.3) is 0 Å². The van der Waals surface area contributed by atoms with Gasteiger partial charge in [0.15, 0.2) is 11.5 Å². The van der Waals surface area contributed by atoms with E-state index in [1.165, 1.54) is 4.90 Å². The van der Waals surface area contributed by atoms with Crippen molar-refractivity contribution in [2.24, 2.45) is 0 Å². The number of carbonyl (C=O) groups is 2. The zero-order chi connectivity index (χ0) is 22.7. The number of carbonyl (C=O) groups excluding carboxylic acids is 2. The van der Waals surface area contributed by atoms with Crippen LogP contribution in [0.1, 0.15) is 48.7 Å². The molecule has 1 N–H and O–H groups in total. The highest BCUT2D eigenvalue weighted by Gasteiger charge is 2.28. The van der Waals surface area contributed by atoms with Crippen LogP contribution in [0.3, 0.4) is 0 Å². The van der Waals surface area contributed by atoms with Gasteiger partial charge >= 0.3 is 0 Å². The van der Waals surface area contributed by atoms with E-state index in [9.17, 15) is 9.59 Å². The summed E-state index contributed by atoms with van der Waals surface area (Å²) in [5.41, 5.74) is 1.35. The van der Waals surface area contributed by atoms with E-state index in [4.69, 9.17) is 14.2 Å². The molecule has 0 saturated carbocycles. The summed E-state index contributed by atoms with van der Waals surface area (Å²) in [7, 11) is 1.63. The first-order valence-corrected chi connectivity index (χ1v) is 10.8. The van der Waals surface area contributed by atoms with Gasteiger partial charge in [0, 0.05) is 13.5 Å². The van der Waals surface area contributed by atoms with Crippen LogP contribution in [0, 0.1) is 0 Å². The van der Waals surface area contributed by atoms with Crippen molar-refractivity contribution in [1.29, 1.82) is 0 Å². The summed E-state index contributed by atoms with van der Waals surface area (Å²) >= 11 is 0. The average Bonchev–Trinajstić information content (AvgIpc) is 3.27. The molecular weight excluding hydrogens is 408 g/mol. The van der Waals surface area contributed by atoms with Crippen LogP contribution in [0.5, 0.6) is 17.2 Å². The van der Waals surface area contributed by atoms with Crippen LogP contribution < -0.4 is 19.5 Å². The number of benzene rings is 2. The van der Waals surface area contributed by atoms with E-state index in [-0.39, 0.29) is 30.8 Å². The van der Waals surface area contributed by atoms with Crippen LogP contribution in [0.15, 0.2) is 54.6 Å². The van der Waals surface area contributed by atoms with Gasteiger partial charge in [-0.05, 0) is 50.1 Å². The fraction of sp³-hybridized carbons (Fsp3) is 0.360. The summed E-state index contributed by atoms with van der Waals surface area (Å²) in [5.74, 6) is 1.38. The molecule has 4 rings (SSSR count). The Hall–Kier alpha value is -3.48. The quantitative estimate of drug-likeness (QED) is 0.687. The molecule has 0 radical (unpaired) electrons. The molecule has 0 spiro atoms. The first-order chi connectivity index (χ1) is 15.4. The first kappa shape index (κ1) is 21.7. The molecule has 7 nitrogen and oxygen atoms in total. The lowest BCUT2D eigenvalue weighted by Gasteiger charge is -2.28. The molecule has 2 aliphatic rings. The molecule has 0 fully saturated rings. The van der Waals surface area contributed by atoms with E-state index in [2.05, 4.69) is 5.32 Å². The number of nitrogens with one attached hydrogen (secondary N) is 1. The summed E-state index contributed by atoms with van der Waals surface area (Å²) in [6.45, 7) is 3.89. The normalized spacial score (nSPS) is 24.7. The lowest BCUT2D eigenvalue weighted by molar-refractivity contribution is -0.125. The number of fused-ring (bicyclic) bond motifs is 2. The minimum Gasteiger partial charge on any atom is -0.490 e. The third kappa shape index (κ3) is 4.56. The lowest BCUT2D eigenvalue weighted by Crippen LogP contribution is -2.47. The van der Waals surface area contributed by atoms with Crippen LogP contribution in [-0.2, 0) is 4.79 Å². The number of hydrogen-bond donors (Lipinski definition) is 1. The fourth-order valence-electron chi connectivity index (χ4n) is 3.77. The first-order valence-electron chi connectivity index (χ1n) is 10.8. The Labute approximate surface area is 188 Å². The maximum atomic E-state index is 13.2. The van der Waals surface area contributed by atoms with Gasteiger partial charge < -0.3 is 24.4 Å². The molecule has 0 bridgehead atoms. The number of para-hydroxylation sites is 1. The predicted molar refractivity (Wildman–Crippen MR) is 120 cm³/mol. The number of hydrogen-bond acceptors (Lipinski definition) is 5. The topological polar surface area (TPSA) is 77.1 Å². The van der Waals surface area contributed by atoms with Crippen LogP contribution >= 0.6 is 0 Å². The predicted octanol–water partition coefficient (Wildman–Crippen LogP) is 3.85. The highest BCUT2D eigenvalue weighted by molar-refractivity contribution is 5.99. The van der Waals surface area contributed by atoms with Crippen molar-refractivity contribution in [2.45, 2.75) is 44.9 Å². The van der Waals surface area contributed by atoms with E-state index < -0.39 is 6.04 Å². The highest BCUT2D eigenvalue weighted by Crippen LogP contribution is 2.35. The SMILES string of the molecule is C[C@@H]1C(=O)N[C@@H](c2ccc3c(c2)OCO3)C/C=C\C[C@H](C)Oc2ccccc2C(=O)N1C. The Morgan fingerprint density at radius 2 is 1.69 bits per heavy atom. The van der Waals surface area contributed by atoms with Gasteiger partial charge in [-0.3, -0.25) is 9.59 Å². The maximum absolute atomic E-state index is 13.2. The van der Waals surface area contributed by atoms with Crippen LogP contribution in [-0.4, -0.2) is 42.7 Å². The van der Waals surface area contributed by atoms with E-state index in [1.807, 2.05) is 43.3 Å². The minimum atomic E-state index is -0.670. The molecule has 2 aromatic carbocycles. The number of ether oxygens (including phenoxy) is 3. The second kappa shape index (κ2) is 9.34. The second-order valence-electron chi connectivity index (χ2n) is 8.13. The molecule has 0 unspecified atom stereocenters. The molecule has 2 heterocycles. The molecule has 2 aromatic rings. The van der Waals surface area contributed by atoms with Gasteiger partial charge in [0.05, 0.1) is 17.7 Å². The molecular formula is C25H28N2O5. The Kier molecular flexibility index (Phi) is 6.35. The standard InChI is InChI=1S/C25H28N2O5/c1-16-8-4-6-10-20(18-12-13-22-23(14-18)31-15-30-22)26-24(28)17(2)27(3)25(29)19-9-5-7-11-21(19)32-16/h4-7,9,11-14,16-17,20H,8,10,15H2,1-3H3,(H,26,28)/b6-4-/t16-,17+,20+/m0/s1.